The van der Waals surface area contributed by atoms with Gasteiger partial charge in [0, 0.05) is 13.2 Å². The molecule has 0 rings (SSSR count). The van der Waals surface area contributed by atoms with E-state index in [0.717, 1.165) is 38.5 Å². The largest absolute Gasteiger partial charge is 0.472 e. The van der Waals surface area contributed by atoms with Gasteiger partial charge in [-0.25, -0.2) is 4.57 Å². The van der Waals surface area contributed by atoms with E-state index in [0.29, 0.717) is 13.2 Å². The van der Waals surface area contributed by atoms with Crippen LogP contribution in [0.5, 0.6) is 0 Å². The van der Waals surface area contributed by atoms with Gasteiger partial charge in [-0.3, -0.25) is 13.8 Å². The first-order chi connectivity index (χ1) is 32.3. The fourth-order valence-electron chi connectivity index (χ4n) is 9.09. The molecule has 0 amide bonds. The predicted octanol–water partition coefficient (Wildman–Crippen LogP) is 18.5. The summed E-state index contributed by atoms with van der Waals surface area (Å²) in [4.78, 5) is 26.0. The second-order valence-electron chi connectivity index (χ2n) is 20.6. The zero-order valence-corrected chi connectivity index (χ0v) is 46.0. The number of likely N-dealkylation sites (N-methyl/N-ethyl adjacent to an activating group) is 1. The van der Waals surface area contributed by atoms with Crippen LogP contribution >= 0.6 is 7.82 Å². The number of carbonyl (C=O) groups is 1. The van der Waals surface area contributed by atoms with Crippen LogP contribution in [0.15, 0.2) is 0 Å². The standard InChI is InChI=1S/C57H116NO7P/c1-6-9-12-15-18-21-24-27-30-33-36-39-42-45-48-55(49-46-43-40-37-34-31-28-25-22-19-16-13-10-7-2)57(59)63-53-56(54-65-66(60,61)64-52-50-58(4)5)62-51-47-44-41-38-35-32-29-26-23-20-17-14-11-8-3/h55-56H,6-54H2,1-5H3,(H,60,61)/t56-/m0/s1. The highest BCUT2D eigenvalue weighted by Crippen LogP contribution is 2.43. The van der Waals surface area contributed by atoms with Crippen molar-refractivity contribution in [3.8, 4) is 0 Å². The van der Waals surface area contributed by atoms with Gasteiger partial charge >= 0.3 is 13.8 Å². The number of ether oxygens (including phenoxy) is 2. The van der Waals surface area contributed by atoms with Crippen LogP contribution in [-0.2, 0) is 27.9 Å². The lowest BCUT2D eigenvalue weighted by molar-refractivity contribution is -0.154. The lowest BCUT2D eigenvalue weighted by Gasteiger charge is -2.22. The van der Waals surface area contributed by atoms with Crippen molar-refractivity contribution in [2.24, 2.45) is 5.92 Å². The molecule has 66 heavy (non-hydrogen) atoms. The Morgan fingerprint density at radius 3 is 1.05 bits per heavy atom. The van der Waals surface area contributed by atoms with Crippen molar-refractivity contribution in [2.45, 2.75) is 309 Å². The quantitative estimate of drug-likeness (QED) is 0.0366. The maximum atomic E-state index is 13.7. The van der Waals surface area contributed by atoms with E-state index in [-0.39, 0.29) is 31.7 Å². The van der Waals surface area contributed by atoms with E-state index in [4.69, 9.17) is 18.5 Å². The van der Waals surface area contributed by atoms with Crippen LogP contribution in [0.3, 0.4) is 0 Å². The predicted molar refractivity (Wildman–Crippen MR) is 285 cm³/mol. The van der Waals surface area contributed by atoms with Crippen LogP contribution in [-0.4, -0.2) is 68.9 Å². The van der Waals surface area contributed by atoms with Crippen LogP contribution < -0.4 is 0 Å². The van der Waals surface area contributed by atoms with Crippen molar-refractivity contribution in [3.05, 3.63) is 0 Å². The maximum Gasteiger partial charge on any atom is 0.472 e. The molecule has 0 heterocycles. The lowest BCUT2D eigenvalue weighted by atomic mass is 9.94. The SMILES string of the molecule is CCCCCCCCCCCCCCCCO[C@@H](COC(=O)C(CCCCCCCCCCCCCCCC)CCCCCCCCCCCCCCCC)COP(=O)(O)OCCN(C)C. The highest BCUT2D eigenvalue weighted by atomic mass is 31.2. The molecular weight excluding hydrogens is 842 g/mol. The molecule has 0 aliphatic carbocycles. The Kier molecular flexibility index (Phi) is 51.9. The van der Waals surface area contributed by atoms with E-state index < -0.39 is 13.9 Å². The van der Waals surface area contributed by atoms with Crippen LogP contribution in [0.4, 0.5) is 0 Å². The number of hydrogen-bond donors (Lipinski definition) is 1. The van der Waals surface area contributed by atoms with Crippen molar-refractivity contribution in [1.29, 1.82) is 0 Å². The summed E-state index contributed by atoms with van der Waals surface area (Å²) in [6, 6.07) is 0. The van der Waals surface area contributed by atoms with Gasteiger partial charge in [0.25, 0.3) is 0 Å². The Bertz CT molecular complexity index is 983. The lowest BCUT2D eigenvalue weighted by Crippen LogP contribution is -2.29. The normalized spacial score (nSPS) is 13.3. The summed E-state index contributed by atoms with van der Waals surface area (Å²) >= 11 is 0. The molecule has 0 spiro atoms. The van der Waals surface area contributed by atoms with E-state index >= 15 is 0 Å². The third kappa shape index (κ3) is 49.9. The average Bonchev–Trinajstić information content (AvgIpc) is 3.30. The molecule has 0 aliphatic heterocycles. The maximum absolute atomic E-state index is 13.7. The van der Waals surface area contributed by atoms with Gasteiger partial charge < -0.3 is 19.3 Å². The number of rotatable bonds is 56. The van der Waals surface area contributed by atoms with E-state index in [9.17, 15) is 14.3 Å². The van der Waals surface area contributed by atoms with Crippen LogP contribution in [0.25, 0.3) is 0 Å². The van der Waals surface area contributed by atoms with Crippen LogP contribution in [0.1, 0.15) is 303 Å². The summed E-state index contributed by atoms with van der Waals surface area (Å²) in [5, 5.41) is 0. The first-order valence-corrected chi connectivity index (χ1v) is 30.8. The Morgan fingerprint density at radius 2 is 0.727 bits per heavy atom. The third-order valence-corrected chi connectivity index (χ3v) is 14.6. The van der Waals surface area contributed by atoms with Gasteiger partial charge in [-0.15, -0.1) is 0 Å². The smallest absolute Gasteiger partial charge is 0.463 e. The highest BCUT2D eigenvalue weighted by Gasteiger charge is 2.26. The molecule has 396 valence electrons. The zero-order chi connectivity index (χ0) is 48.3. The molecule has 0 aromatic carbocycles. The van der Waals surface area contributed by atoms with Gasteiger partial charge in [0.05, 0.1) is 19.1 Å². The van der Waals surface area contributed by atoms with Crippen LogP contribution in [0.2, 0.25) is 0 Å². The minimum atomic E-state index is -4.27. The monoisotopic (exact) mass is 958 g/mol. The molecule has 9 heteroatoms. The molecule has 2 atom stereocenters. The van der Waals surface area contributed by atoms with Gasteiger partial charge in [-0.1, -0.05) is 284 Å². The minimum absolute atomic E-state index is 0.0170. The van der Waals surface area contributed by atoms with E-state index in [2.05, 4.69) is 20.8 Å². The summed E-state index contributed by atoms with van der Waals surface area (Å²) in [5.41, 5.74) is 0. The Hall–Kier alpha value is -0.500. The van der Waals surface area contributed by atoms with Gasteiger partial charge in [0.15, 0.2) is 0 Å². The first kappa shape index (κ1) is 65.5. The zero-order valence-electron chi connectivity index (χ0n) is 45.1. The summed E-state index contributed by atoms with van der Waals surface area (Å²) in [6.07, 6.45) is 56.1. The average molecular weight is 959 g/mol. The Morgan fingerprint density at radius 1 is 0.424 bits per heavy atom. The summed E-state index contributed by atoms with van der Waals surface area (Å²) in [7, 11) is -0.504. The van der Waals surface area contributed by atoms with E-state index in [1.165, 1.54) is 244 Å². The molecule has 0 fully saturated rings. The topological polar surface area (TPSA) is 94.5 Å². The van der Waals surface area contributed by atoms with Gasteiger partial charge in [0.1, 0.15) is 12.7 Å². The number of carbonyl (C=O) groups excluding carboxylic acids is 1. The van der Waals surface area contributed by atoms with Crippen molar-refractivity contribution in [3.63, 3.8) is 0 Å². The fourth-order valence-corrected chi connectivity index (χ4v) is 9.83. The molecule has 0 bridgehead atoms. The molecule has 0 radical (unpaired) electrons. The molecule has 1 N–H and O–H groups in total. The fraction of sp³-hybridized carbons (Fsp3) is 0.982. The number of esters is 1. The van der Waals surface area contributed by atoms with Gasteiger partial charge in [-0.2, -0.15) is 0 Å². The minimum Gasteiger partial charge on any atom is -0.463 e. The number of hydrogen-bond acceptors (Lipinski definition) is 7. The number of unbranched alkanes of at least 4 members (excludes halogenated alkanes) is 39. The highest BCUT2D eigenvalue weighted by molar-refractivity contribution is 7.47. The Labute approximate surface area is 412 Å². The number of phosphoric acid groups is 1. The second kappa shape index (κ2) is 52.3. The molecular formula is C57H116NO7P. The summed E-state index contributed by atoms with van der Waals surface area (Å²) in [5.74, 6) is -0.274. The Balaban J connectivity index is 4.94. The summed E-state index contributed by atoms with van der Waals surface area (Å²) < 4.78 is 35.5. The molecule has 8 nitrogen and oxygen atoms in total. The third-order valence-electron chi connectivity index (χ3n) is 13.6. The van der Waals surface area contributed by atoms with Gasteiger partial charge in [-0.05, 0) is 33.4 Å². The molecule has 1 unspecified atom stereocenters. The molecule has 0 aromatic rings. The summed E-state index contributed by atoms with van der Waals surface area (Å²) in [6.45, 7) is 7.79. The first-order valence-electron chi connectivity index (χ1n) is 29.3. The van der Waals surface area contributed by atoms with Crippen molar-refractivity contribution in [1.82, 2.24) is 4.90 Å². The van der Waals surface area contributed by atoms with Crippen LogP contribution in [0, 0.1) is 5.92 Å². The van der Waals surface area contributed by atoms with Crippen molar-refractivity contribution >= 4 is 13.8 Å². The van der Waals surface area contributed by atoms with E-state index in [1.54, 1.807) is 0 Å². The molecule has 0 saturated carbocycles. The van der Waals surface area contributed by atoms with Crippen molar-refractivity contribution in [2.75, 3.05) is 47.1 Å². The second-order valence-corrected chi connectivity index (χ2v) is 22.0. The molecule has 0 aliphatic rings. The van der Waals surface area contributed by atoms with E-state index in [1.807, 2.05) is 19.0 Å². The molecule has 0 saturated heterocycles. The van der Waals surface area contributed by atoms with Crippen molar-refractivity contribution < 1.29 is 32.8 Å². The number of phosphoric ester groups is 1. The van der Waals surface area contributed by atoms with Gasteiger partial charge in [0.2, 0.25) is 0 Å². The number of nitrogens with zero attached hydrogens (tertiary/aromatic N) is 1. The molecule has 0 aromatic heterocycles.